The maximum absolute atomic E-state index is 12.8. The Morgan fingerprint density at radius 3 is 2.70 bits per heavy atom. The Labute approximate surface area is 157 Å². The second-order valence-electron chi connectivity index (χ2n) is 9.65. The number of ether oxygens (including phenoxy) is 2. The maximum atomic E-state index is 12.8. The minimum Gasteiger partial charge on any atom is -0.373 e. The van der Waals surface area contributed by atoms with Crippen LogP contribution in [0.2, 0.25) is 0 Å². The zero-order valence-electron chi connectivity index (χ0n) is 15.3. The van der Waals surface area contributed by atoms with Crippen LogP contribution in [-0.4, -0.2) is 64.7 Å². The fourth-order valence-corrected chi connectivity index (χ4v) is 7.14. The van der Waals surface area contributed by atoms with Crippen molar-refractivity contribution >= 4 is 11.8 Å². The summed E-state index contributed by atoms with van der Waals surface area (Å²) in [4.78, 5) is 26.9. The van der Waals surface area contributed by atoms with Crippen molar-refractivity contribution < 1.29 is 24.2 Å². The summed E-state index contributed by atoms with van der Waals surface area (Å²) in [5.74, 6) is 0.131. The first-order valence-corrected chi connectivity index (χ1v) is 10.3. The number of nitrogens with one attached hydrogen (secondary N) is 1. The van der Waals surface area contributed by atoms with Crippen LogP contribution in [0.1, 0.15) is 38.5 Å². The fraction of sp³-hybridized carbons (Fsp3) is 0.895. The molecule has 0 aromatic rings. The molecule has 5 aliphatic heterocycles. The van der Waals surface area contributed by atoms with Gasteiger partial charge in [-0.15, -0.1) is 0 Å². The van der Waals surface area contributed by atoms with Crippen LogP contribution in [0.25, 0.3) is 0 Å². The van der Waals surface area contributed by atoms with Crippen LogP contribution in [0.3, 0.4) is 0 Å². The Balaban J connectivity index is 1.16. The highest BCUT2D eigenvalue weighted by Crippen LogP contribution is 2.52. The third-order valence-corrected chi connectivity index (χ3v) is 7.85. The van der Waals surface area contributed by atoms with Gasteiger partial charge in [0, 0.05) is 12.0 Å². The molecule has 0 spiro atoms. The number of hydrogen-bond acceptors (Lipinski definition) is 6. The molecule has 5 saturated heterocycles. The molecule has 27 heavy (non-hydrogen) atoms. The number of fused-ring (bicyclic) bond motifs is 5. The summed E-state index contributed by atoms with van der Waals surface area (Å²) in [6, 6.07) is -0.145. The number of likely N-dealkylation sites (tertiary alicyclic amines) is 1. The van der Waals surface area contributed by atoms with Gasteiger partial charge in [-0.05, 0) is 50.4 Å². The molecule has 7 fully saturated rings. The molecular weight excluding hydrogens is 350 g/mol. The van der Waals surface area contributed by atoms with Crippen molar-refractivity contribution in [3.8, 4) is 0 Å². The quantitative estimate of drug-likeness (QED) is 0.599. The van der Waals surface area contributed by atoms with E-state index in [9.17, 15) is 14.7 Å². The van der Waals surface area contributed by atoms with Gasteiger partial charge in [-0.1, -0.05) is 0 Å². The van der Waals surface area contributed by atoms with Gasteiger partial charge < -0.3 is 30.5 Å². The number of nitrogens with zero attached hydrogens (tertiary/aromatic N) is 1. The van der Waals surface area contributed by atoms with Gasteiger partial charge in [0.1, 0.15) is 18.5 Å². The topological polar surface area (TPSA) is 114 Å². The molecule has 7 rings (SSSR count). The Morgan fingerprint density at radius 1 is 1.26 bits per heavy atom. The Morgan fingerprint density at radius 2 is 2.00 bits per heavy atom. The average Bonchev–Trinajstić information content (AvgIpc) is 3.20. The van der Waals surface area contributed by atoms with Gasteiger partial charge >= 0.3 is 0 Å². The third kappa shape index (κ3) is 2.30. The van der Waals surface area contributed by atoms with Crippen molar-refractivity contribution in [1.82, 2.24) is 10.2 Å². The molecule has 8 atom stereocenters. The zero-order valence-corrected chi connectivity index (χ0v) is 15.3. The normalized spacial score (nSPS) is 54.7. The molecule has 0 aromatic heterocycles. The summed E-state index contributed by atoms with van der Waals surface area (Å²) >= 11 is 0. The summed E-state index contributed by atoms with van der Waals surface area (Å²) < 4.78 is 12.0. The van der Waals surface area contributed by atoms with Crippen LogP contribution in [-0.2, 0) is 19.1 Å². The molecule has 148 valence electrons. The van der Waals surface area contributed by atoms with Crippen LogP contribution in [0, 0.1) is 23.7 Å². The van der Waals surface area contributed by atoms with Crippen molar-refractivity contribution in [2.45, 2.75) is 74.8 Å². The van der Waals surface area contributed by atoms with E-state index >= 15 is 0 Å². The molecule has 2 amide bonds. The first kappa shape index (κ1) is 16.7. The first-order chi connectivity index (χ1) is 12.9. The molecule has 5 heterocycles. The van der Waals surface area contributed by atoms with Crippen LogP contribution >= 0.6 is 0 Å². The highest BCUT2D eigenvalue weighted by molar-refractivity contribution is 5.89. The lowest BCUT2D eigenvalue weighted by molar-refractivity contribution is -0.233. The summed E-state index contributed by atoms with van der Waals surface area (Å²) in [7, 11) is 0. The number of nitrogens with two attached hydrogens (primary N) is 1. The highest BCUT2D eigenvalue weighted by Gasteiger charge is 2.64. The first-order valence-electron chi connectivity index (χ1n) is 10.3. The van der Waals surface area contributed by atoms with E-state index in [2.05, 4.69) is 5.32 Å². The lowest BCUT2D eigenvalue weighted by atomic mass is 9.65. The number of hydrogen-bond donors (Lipinski definition) is 3. The predicted molar refractivity (Wildman–Crippen MR) is 91.8 cm³/mol. The molecule has 2 saturated carbocycles. The molecule has 4 N–H and O–H groups in total. The number of aliphatic hydroxyl groups is 1. The Kier molecular flexibility index (Phi) is 3.36. The van der Waals surface area contributed by atoms with E-state index in [4.69, 9.17) is 15.2 Å². The zero-order chi connectivity index (χ0) is 18.5. The van der Waals surface area contributed by atoms with E-state index in [0.29, 0.717) is 18.3 Å². The van der Waals surface area contributed by atoms with Gasteiger partial charge in [-0.2, -0.15) is 0 Å². The second-order valence-corrected chi connectivity index (χ2v) is 9.65. The molecule has 0 aromatic carbocycles. The average molecular weight is 377 g/mol. The minimum atomic E-state index is -1.01. The minimum absolute atomic E-state index is 0.132. The monoisotopic (exact) mass is 377 g/mol. The summed E-state index contributed by atoms with van der Waals surface area (Å²) in [6.45, 7) is -0.132. The predicted octanol–water partition coefficient (Wildman–Crippen LogP) is -0.701. The van der Waals surface area contributed by atoms with Crippen molar-refractivity contribution in [3.63, 3.8) is 0 Å². The van der Waals surface area contributed by atoms with E-state index in [1.54, 1.807) is 0 Å². The van der Waals surface area contributed by atoms with E-state index in [-0.39, 0.29) is 54.5 Å². The Bertz CT molecular complexity index is 664. The van der Waals surface area contributed by atoms with E-state index in [1.165, 1.54) is 11.3 Å². The van der Waals surface area contributed by atoms with Gasteiger partial charge in [-0.3, -0.25) is 9.59 Å². The van der Waals surface area contributed by atoms with Crippen molar-refractivity contribution in [2.75, 3.05) is 6.54 Å². The van der Waals surface area contributed by atoms with Gasteiger partial charge in [-0.25, -0.2) is 0 Å². The molecule has 8 heteroatoms. The van der Waals surface area contributed by atoms with E-state index in [1.807, 2.05) is 0 Å². The van der Waals surface area contributed by atoms with Gasteiger partial charge in [0.15, 0.2) is 0 Å². The van der Waals surface area contributed by atoms with Crippen molar-refractivity contribution in [2.24, 2.45) is 29.4 Å². The second kappa shape index (κ2) is 5.43. The number of rotatable bonds is 3. The molecular formula is C19H27N3O5. The molecule has 7 aliphatic rings. The molecule has 8 unspecified atom stereocenters. The van der Waals surface area contributed by atoms with Gasteiger partial charge in [0.2, 0.25) is 11.8 Å². The number of carbonyl (C=O) groups excluding carboxylic acids is 2. The lowest BCUT2D eigenvalue weighted by Crippen LogP contribution is -2.64. The molecule has 6 bridgehead atoms. The van der Waals surface area contributed by atoms with Crippen LogP contribution in [0.5, 0.6) is 0 Å². The number of amides is 2. The lowest BCUT2D eigenvalue weighted by Gasteiger charge is -2.56. The number of carbonyl (C=O) groups is 2. The highest BCUT2D eigenvalue weighted by atomic mass is 16.5. The smallest absolute Gasteiger partial charge is 0.241 e. The van der Waals surface area contributed by atoms with Gasteiger partial charge in [0.25, 0.3) is 0 Å². The molecule has 8 nitrogen and oxygen atoms in total. The van der Waals surface area contributed by atoms with Gasteiger partial charge in [0.05, 0.1) is 24.2 Å². The van der Waals surface area contributed by atoms with Crippen LogP contribution in [0.15, 0.2) is 0 Å². The van der Waals surface area contributed by atoms with Crippen LogP contribution < -0.4 is 11.1 Å². The van der Waals surface area contributed by atoms with E-state index < -0.39 is 12.0 Å². The van der Waals surface area contributed by atoms with Crippen molar-refractivity contribution in [3.05, 3.63) is 0 Å². The fourth-order valence-electron chi connectivity index (χ4n) is 7.14. The standard InChI is InChI=1S/C19H27N3O5/c20-11-4-12-14-15(16(11)26-12)18(25)22(17(14)24)7-13(23)21-19-5-8-1-9(6-19)3-10(2-8)27-19/h8-12,14-16,18,25H,1-7,20H2,(H,21,23). The molecule has 0 radical (unpaired) electrons. The largest absolute Gasteiger partial charge is 0.373 e. The Hall–Kier alpha value is -1.22. The van der Waals surface area contributed by atoms with Crippen molar-refractivity contribution in [1.29, 1.82) is 0 Å². The summed E-state index contributed by atoms with van der Waals surface area (Å²) in [6.07, 6.45) is 4.54. The van der Waals surface area contributed by atoms with E-state index in [0.717, 1.165) is 25.7 Å². The maximum Gasteiger partial charge on any atom is 0.241 e. The summed E-state index contributed by atoms with van der Waals surface area (Å²) in [5.41, 5.74) is 5.49. The summed E-state index contributed by atoms with van der Waals surface area (Å²) in [5, 5.41) is 13.8. The number of aliphatic hydroxyl groups excluding tert-OH is 1. The molecule has 2 aliphatic carbocycles. The van der Waals surface area contributed by atoms with Crippen LogP contribution in [0.4, 0.5) is 0 Å². The SMILES string of the molecule is NC1CC2OC1C1C2C(=O)N(CC(=O)NC23CC4CC(CC(C4)O2)C3)C1O. The third-order valence-electron chi connectivity index (χ3n) is 7.85.